The highest BCUT2D eigenvalue weighted by Crippen LogP contribution is 2.46. The lowest BCUT2D eigenvalue weighted by atomic mass is 9.69. The van der Waals surface area contributed by atoms with E-state index in [9.17, 15) is 19.2 Å². The van der Waals surface area contributed by atoms with Gasteiger partial charge in [-0.05, 0) is 183 Å². The Kier molecular flexibility index (Phi) is 18.8. The van der Waals surface area contributed by atoms with Gasteiger partial charge in [0.15, 0.2) is 0 Å². The standard InChI is InChI=1S/C51H90N4O8/c1-10-36(45(58)62-48(5,6)39-17-26-53-27-18-39)31-37(11-2)46(59)63-49(7,8)41-21-30-55-42(32-41)33-50(9,40-19-28-54-29-20-40)61-44(57)35-51(22-13-12-14-23-51)34-43(56)60-47(3,4)38-15-24-52-25-16-38/h36-42,52-55H,10-35H2,1-9H3. The van der Waals surface area contributed by atoms with Crippen LogP contribution >= 0.6 is 0 Å². The zero-order chi connectivity index (χ0) is 45.9. The van der Waals surface area contributed by atoms with E-state index >= 15 is 0 Å². The third-order valence-corrected chi connectivity index (χ3v) is 16.6. The highest BCUT2D eigenvalue weighted by atomic mass is 16.6. The molecule has 63 heavy (non-hydrogen) atoms. The second-order valence-electron chi connectivity index (χ2n) is 22.4. The van der Waals surface area contributed by atoms with E-state index in [2.05, 4.69) is 28.2 Å². The second kappa shape index (κ2) is 23.0. The van der Waals surface area contributed by atoms with E-state index in [4.69, 9.17) is 18.9 Å². The molecule has 1 aliphatic carbocycles. The molecule has 5 fully saturated rings. The van der Waals surface area contributed by atoms with Crippen LogP contribution in [0.3, 0.4) is 0 Å². The van der Waals surface area contributed by atoms with Crippen LogP contribution in [0.4, 0.5) is 0 Å². The molecular formula is C51H90N4O8. The van der Waals surface area contributed by atoms with Gasteiger partial charge in [-0.25, -0.2) is 0 Å². The van der Waals surface area contributed by atoms with Crippen molar-refractivity contribution < 1.29 is 38.1 Å². The van der Waals surface area contributed by atoms with E-state index in [1.165, 1.54) is 0 Å². The van der Waals surface area contributed by atoms with Gasteiger partial charge in [-0.1, -0.05) is 33.1 Å². The summed E-state index contributed by atoms with van der Waals surface area (Å²) in [5, 5.41) is 14.1. The van der Waals surface area contributed by atoms with Crippen molar-refractivity contribution in [2.24, 2.45) is 40.9 Å². The maximum Gasteiger partial charge on any atom is 0.309 e. The number of piperidine rings is 4. The Morgan fingerprint density at radius 3 is 1.43 bits per heavy atom. The molecule has 5 rings (SSSR count). The number of rotatable bonds is 20. The Balaban J connectivity index is 1.21. The first-order valence-electron chi connectivity index (χ1n) is 25.5. The molecule has 5 atom stereocenters. The van der Waals surface area contributed by atoms with Gasteiger partial charge in [0.2, 0.25) is 0 Å². The first-order chi connectivity index (χ1) is 29.8. The molecule has 4 heterocycles. The van der Waals surface area contributed by atoms with Gasteiger partial charge in [0.1, 0.15) is 22.4 Å². The zero-order valence-electron chi connectivity index (χ0n) is 41.2. The summed E-state index contributed by atoms with van der Waals surface area (Å²) < 4.78 is 25.6. The van der Waals surface area contributed by atoms with Crippen LogP contribution in [0, 0.1) is 40.9 Å². The molecule has 362 valence electrons. The molecule has 4 saturated heterocycles. The quantitative estimate of drug-likeness (QED) is 0.0689. The van der Waals surface area contributed by atoms with E-state index in [0.29, 0.717) is 37.5 Å². The molecule has 0 amide bonds. The SMILES string of the molecule is CCC(CC(CC)C(=O)OC(C)(C)C1CCNC(CC(C)(OC(=O)CC2(CC(=O)OC(C)(C)C3CCNCC3)CCCCC2)C2CCNCC2)C1)C(=O)OC(C)(C)C1CCNCC1. The zero-order valence-corrected chi connectivity index (χ0v) is 41.2. The normalized spacial score (nSPS) is 25.5. The summed E-state index contributed by atoms with van der Waals surface area (Å²) in [5.74, 6) is -0.716. The Labute approximate surface area is 381 Å². The largest absolute Gasteiger partial charge is 0.459 e. The minimum absolute atomic E-state index is 0.0646. The molecule has 12 nitrogen and oxygen atoms in total. The summed E-state index contributed by atoms with van der Waals surface area (Å²) in [5.41, 5.74) is -2.98. The van der Waals surface area contributed by atoms with Gasteiger partial charge in [-0.15, -0.1) is 0 Å². The molecular weight excluding hydrogens is 797 g/mol. The molecule has 5 aliphatic rings. The Bertz CT molecular complexity index is 1480. The van der Waals surface area contributed by atoms with Gasteiger partial charge in [-0.2, -0.15) is 0 Å². The molecule has 12 heteroatoms. The third kappa shape index (κ3) is 14.6. The van der Waals surface area contributed by atoms with Crippen LogP contribution in [0.1, 0.15) is 184 Å². The highest BCUT2D eigenvalue weighted by molar-refractivity contribution is 5.77. The number of esters is 4. The fourth-order valence-electron chi connectivity index (χ4n) is 12.1. The first-order valence-corrected chi connectivity index (χ1v) is 25.5. The van der Waals surface area contributed by atoms with Crippen LogP contribution in [0.25, 0.3) is 0 Å². The maximum atomic E-state index is 14.3. The lowest BCUT2D eigenvalue weighted by Gasteiger charge is -2.46. The molecule has 0 spiro atoms. The summed E-state index contributed by atoms with van der Waals surface area (Å²) in [4.78, 5) is 55.6. The summed E-state index contributed by atoms with van der Waals surface area (Å²) in [6.45, 7) is 24.6. The van der Waals surface area contributed by atoms with Gasteiger partial charge < -0.3 is 40.2 Å². The Morgan fingerprint density at radius 1 is 0.540 bits per heavy atom. The fraction of sp³-hybridized carbons (Fsp3) is 0.922. The van der Waals surface area contributed by atoms with Gasteiger partial charge in [0.25, 0.3) is 0 Å². The van der Waals surface area contributed by atoms with Crippen molar-refractivity contribution in [2.45, 2.75) is 213 Å². The highest BCUT2D eigenvalue weighted by Gasteiger charge is 2.47. The smallest absolute Gasteiger partial charge is 0.309 e. The lowest BCUT2D eigenvalue weighted by Crippen LogP contribution is -2.53. The third-order valence-electron chi connectivity index (χ3n) is 16.6. The van der Waals surface area contributed by atoms with E-state index < -0.39 is 33.7 Å². The van der Waals surface area contributed by atoms with Gasteiger partial charge in [0.05, 0.1) is 24.7 Å². The summed E-state index contributed by atoms with van der Waals surface area (Å²) in [6, 6.07) is 0.0646. The molecule has 0 aromatic heterocycles. The molecule has 0 aromatic rings. The van der Waals surface area contributed by atoms with Gasteiger partial charge >= 0.3 is 23.9 Å². The Morgan fingerprint density at radius 2 is 0.952 bits per heavy atom. The van der Waals surface area contributed by atoms with Crippen LogP contribution in [0.15, 0.2) is 0 Å². The van der Waals surface area contributed by atoms with Crippen LogP contribution in [-0.4, -0.2) is 98.1 Å². The average Bonchev–Trinajstić information content (AvgIpc) is 3.24. The van der Waals surface area contributed by atoms with Crippen molar-refractivity contribution in [3.05, 3.63) is 0 Å². The van der Waals surface area contributed by atoms with E-state index in [-0.39, 0.29) is 60.5 Å². The molecule has 0 aromatic carbocycles. The molecule has 0 radical (unpaired) electrons. The Hall–Kier alpha value is -2.28. The van der Waals surface area contributed by atoms with Gasteiger partial charge in [0, 0.05) is 36.1 Å². The monoisotopic (exact) mass is 887 g/mol. The molecule has 0 bridgehead atoms. The van der Waals surface area contributed by atoms with Crippen LogP contribution in [0.2, 0.25) is 0 Å². The van der Waals surface area contributed by atoms with E-state index in [0.717, 1.165) is 129 Å². The van der Waals surface area contributed by atoms with Crippen molar-refractivity contribution in [1.82, 2.24) is 21.3 Å². The van der Waals surface area contributed by atoms with Crippen LogP contribution in [0.5, 0.6) is 0 Å². The fourth-order valence-corrected chi connectivity index (χ4v) is 12.1. The number of carbonyl (C=O) groups is 4. The summed E-state index contributed by atoms with van der Waals surface area (Å²) >= 11 is 0. The van der Waals surface area contributed by atoms with Crippen molar-refractivity contribution >= 4 is 23.9 Å². The number of hydrogen-bond acceptors (Lipinski definition) is 12. The number of carbonyl (C=O) groups excluding carboxylic acids is 4. The van der Waals surface area contributed by atoms with Crippen molar-refractivity contribution in [3.8, 4) is 0 Å². The predicted octanol–water partition coefficient (Wildman–Crippen LogP) is 8.18. The number of hydrogen-bond donors (Lipinski definition) is 4. The maximum absolute atomic E-state index is 14.3. The predicted molar refractivity (Wildman–Crippen MR) is 248 cm³/mol. The van der Waals surface area contributed by atoms with Gasteiger partial charge in [-0.3, -0.25) is 19.2 Å². The summed E-state index contributed by atoms with van der Waals surface area (Å²) in [6.07, 6.45) is 14.9. The lowest BCUT2D eigenvalue weighted by molar-refractivity contribution is -0.177. The molecule has 5 unspecified atom stereocenters. The summed E-state index contributed by atoms with van der Waals surface area (Å²) in [7, 11) is 0. The van der Waals surface area contributed by atoms with Crippen molar-refractivity contribution in [1.29, 1.82) is 0 Å². The second-order valence-corrected chi connectivity index (χ2v) is 22.4. The van der Waals surface area contributed by atoms with Crippen molar-refractivity contribution in [2.75, 3.05) is 45.8 Å². The van der Waals surface area contributed by atoms with Crippen LogP contribution in [-0.2, 0) is 38.1 Å². The van der Waals surface area contributed by atoms with Crippen LogP contribution < -0.4 is 21.3 Å². The molecule has 1 saturated carbocycles. The van der Waals surface area contributed by atoms with Crippen molar-refractivity contribution in [3.63, 3.8) is 0 Å². The number of nitrogens with one attached hydrogen (secondary N) is 4. The van der Waals surface area contributed by atoms with E-state index in [1.54, 1.807) is 0 Å². The average molecular weight is 887 g/mol. The van der Waals surface area contributed by atoms with E-state index in [1.807, 2.05) is 55.4 Å². The number of ether oxygens (including phenoxy) is 4. The minimum Gasteiger partial charge on any atom is -0.459 e. The minimum atomic E-state index is -0.726. The topological polar surface area (TPSA) is 153 Å². The molecule has 4 N–H and O–H groups in total. The first kappa shape index (κ1) is 51.7. The molecule has 4 aliphatic heterocycles.